The van der Waals surface area contributed by atoms with E-state index < -0.39 is 23.9 Å². The van der Waals surface area contributed by atoms with Gasteiger partial charge in [-0.2, -0.15) is 0 Å². The molecule has 0 fully saturated rings. The Balaban J connectivity index is 0.000000330. The summed E-state index contributed by atoms with van der Waals surface area (Å²) >= 11 is 0. The summed E-state index contributed by atoms with van der Waals surface area (Å²) < 4.78 is 0. The molecule has 0 unspecified atom stereocenters. The molecule has 2 rings (SSSR count). The third-order valence-corrected chi connectivity index (χ3v) is 3.99. The first kappa shape index (κ1) is 25.4. The maximum atomic E-state index is 11.5. The van der Waals surface area contributed by atoms with Crippen molar-refractivity contribution in [3.63, 3.8) is 0 Å². The quantitative estimate of drug-likeness (QED) is 0.320. The Hall–Kier alpha value is -3.68. The number of aliphatic carboxylic acids is 2. The van der Waals surface area contributed by atoms with E-state index >= 15 is 0 Å². The molecule has 8 nitrogen and oxygen atoms in total. The van der Waals surface area contributed by atoms with Gasteiger partial charge in [0.2, 0.25) is 0 Å². The van der Waals surface area contributed by atoms with Crippen LogP contribution in [0.1, 0.15) is 65.7 Å². The van der Waals surface area contributed by atoms with E-state index in [1.54, 1.807) is 60.7 Å². The van der Waals surface area contributed by atoms with Crippen LogP contribution in [0, 0.1) is 0 Å². The largest absolute Gasteiger partial charge is 0.481 e. The van der Waals surface area contributed by atoms with Gasteiger partial charge in [0.05, 0.1) is 11.1 Å². The van der Waals surface area contributed by atoms with Crippen LogP contribution in [0.3, 0.4) is 0 Å². The maximum Gasteiger partial charge on any atom is 0.386 e. The molecule has 0 amide bonds. The molecule has 8 heteroatoms. The number of unbranched alkanes of at least 4 members (excludes halogenated alkanes) is 4. The highest BCUT2D eigenvalue weighted by Gasteiger charge is 2.13. The minimum Gasteiger partial charge on any atom is -0.481 e. The first-order valence-corrected chi connectivity index (χ1v) is 9.87. The summed E-state index contributed by atoms with van der Waals surface area (Å²) in [6, 6.07) is 16.6. The molecular formula is C23H26O8. The summed E-state index contributed by atoms with van der Waals surface area (Å²) in [5.41, 5.74) is 0.636. The van der Waals surface area contributed by atoms with Gasteiger partial charge < -0.3 is 10.2 Å². The van der Waals surface area contributed by atoms with E-state index in [1.807, 2.05) is 0 Å². The van der Waals surface area contributed by atoms with Crippen molar-refractivity contribution in [1.82, 2.24) is 0 Å². The first-order chi connectivity index (χ1) is 14.9. The molecule has 2 aromatic rings. The van der Waals surface area contributed by atoms with Crippen LogP contribution in [0.25, 0.3) is 0 Å². The molecule has 0 aromatic heterocycles. The molecule has 0 aliphatic rings. The highest BCUT2D eigenvalue weighted by molar-refractivity contribution is 5.92. The second-order valence-corrected chi connectivity index (χ2v) is 6.53. The average Bonchev–Trinajstić information content (AvgIpc) is 2.78. The van der Waals surface area contributed by atoms with Crippen molar-refractivity contribution in [2.75, 3.05) is 0 Å². The Labute approximate surface area is 180 Å². The molecule has 31 heavy (non-hydrogen) atoms. The van der Waals surface area contributed by atoms with Gasteiger partial charge in [0, 0.05) is 12.8 Å². The SMILES string of the molecule is O=C(O)CCCCCCCC(=O)O.O=C(OOC(=O)c1ccccc1)c1ccccc1. The zero-order chi connectivity index (χ0) is 22.9. The van der Waals surface area contributed by atoms with Crippen LogP contribution in [0.5, 0.6) is 0 Å². The molecule has 166 valence electrons. The van der Waals surface area contributed by atoms with Crippen molar-refractivity contribution in [1.29, 1.82) is 0 Å². The number of rotatable bonds is 10. The van der Waals surface area contributed by atoms with E-state index in [2.05, 4.69) is 9.78 Å². The van der Waals surface area contributed by atoms with Gasteiger partial charge in [0.15, 0.2) is 0 Å². The molecule has 0 saturated carbocycles. The van der Waals surface area contributed by atoms with Crippen LogP contribution in [0.4, 0.5) is 0 Å². The topological polar surface area (TPSA) is 127 Å². The number of carbonyl (C=O) groups excluding carboxylic acids is 2. The lowest BCUT2D eigenvalue weighted by molar-refractivity contribution is -0.187. The molecule has 0 aliphatic carbocycles. The van der Waals surface area contributed by atoms with Gasteiger partial charge in [0.25, 0.3) is 0 Å². The number of carboxylic acids is 2. The molecule has 0 atom stereocenters. The lowest BCUT2D eigenvalue weighted by Crippen LogP contribution is -2.11. The Kier molecular flexibility index (Phi) is 12.4. The Morgan fingerprint density at radius 1 is 0.548 bits per heavy atom. The highest BCUT2D eigenvalue weighted by atomic mass is 17.2. The van der Waals surface area contributed by atoms with Crippen LogP contribution >= 0.6 is 0 Å². The van der Waals surface area contributed by atoms with Crippen LogP contribution in [-0.2, 0) is 19.4 Å². The smallest absolute Gasteiger partial charge is 0.386 e. The monoisotopic (exact) mass is 430 g/mol. The first-order valence-electron chi connectivity index (χ1n) is 9.87. The fourth-order valence-corrected chi connectivity index (χ4v) is 2.40. The van der Waals surface area contributed by atoms with Gasteiger partial charge in [-0.3, -0.25) is 9.59 Å². The van der Waals surface area contributed by atoms with Crippen molar-refractivity contribution >= 4 is 23.9 Å². The third kappa shape index (κ3) is 12.5. The van der Waals surface area contributed by atoms with E-state index in [1.165, 1.54) is 0 Å². The number of hydrogen-bond acceptors (Lipinski definition) is 6. The second kappa shape index (κ2) is 15.2. The number of hydrogen-bond donors (Lipinski definition) is 2. The van der Waals surface area contributed by atoms with E-state index in [0.717, 1.165) is 19.3 Å². The van der Waals surface area contributed by atoms with Gasteiger partial charge in [-0.1, -0.05) is 55.7 Å². The average molecular weight is 430 g/mol. The van der Waals surface area contributed by atoms with Crippen molar-refractivity contribution in [3.8, 4) is 0 Å². The summed E-state index contributed by atoms with van der Waals surface area (Å²) in [6.45, 7) is 0. The van der Waals surface area contributed by atoms with Crippen molar-refractivity contribution in [2.24, 2.45) is 0 Å². The summed E-state index contributed by atoms with van der Waals surface area (Å²) in [5.74, 6) is -2.93. The maximum absolute atomic E-state index is 11.5. The predicted octanol–water partition coefficient (Wildman–Crippen LogP) is 4.50. The molecule has 0 radical (unpaired) electrons. The zero-order valence-electron chi connectivity index (χ0n) is 17.1. The van der Waals surface area contributed by atoms with Crippen molar-refractivity contribution < 1.29 is 39.2 Å². The van der Waals surface area contributed by atoms with Crippen LogP contribution < -0.4 is 0 Å². The number of benzene rings is 2. The predicted molar refractivity (Wildman–Crippen MR) is 111 cm³/mol. The van der Waals surface area contributed by atoms with Crippen LogP contribution in [0.2, 0.25) is 0 Å². The molecule has 0 heterocycles. The number of carboxylic acid groups (broad SMARTS) is 2. The molecule has 0 bridgehead atoms. The normalized spacial score (nSPS) is 9.68. The van der Waals surface area contributed by atoms with Crippen molar-refractivity contribution in [2.45, 2.75) is 44.9 Å². The molecule has 0 saturated heterocycles. The zero-order valence-corrected chi connectivity index (χ0v) is 17.1. The van der Waals surface area contributed by atoms with Crippen molar-refractivity contribution in [3.05, 3.63) is 71.8 Å². The van der Waals surface area contributed by atoms with E-state index in [0.29, 0.717) is 24.0 Å². The second-order valence-electron chi connectivity index (χ2n) is 6.53. The third-order valence-electron chi connectivity index (χ3n) is 3.99. The van der Waals surface area contributed by atoms with Gasteiger partial charge in [-0.05, 0) is 37.1 Å². The number of carbonyl (C=O) groups is 4. The van der Waals surface area contributed by atoms with Gasteiger partial charge in [0.1, 0.15) is 0 Å². The summed E-state index contributed by atoms with van der Waals surface area (Å²) in [6.07, 6.45) is 4.53. The summed E-state index contributed by atoms with van der Waals surface area (Å²) in [7, 11) is 0. The fourth-order valence-electron chi connectivity index (χ4n) is 2.40. The lowest BCUT2D eigenvalue weighted by atomic mass is 10.1. The van der Waals surface area contributed by atoms with Gasteiger partial charge >= 0.3 is 23.9 Å². The summed E-state index contributed by atoms with van der Waals surface area (Å²) in [4.78, 5) is 52.1. The molecule has 2 N–H and O–H groups in total. The Bertz CT molecular complexity index is 748. The molecular weight excluding hydrogens is 404 g/mol. The minimum absolute atomic E-state index is 0.221. The van der Waals surface area contributed by atoms with Gasteiger partial charge in [-0.25, -0.2) is 19.4 Å². The highest BCUT2D eigenvalue weighted by Crippen LogP contribution is 2.07. The van der Waals surface area contributed by atoms with Gasteiger partial charge in [-0.15, -0.1) is 0 Å². The summed E-state index contributed by atoms with van der Waals surface area (Å²) in [5, 5.41) is 16.6. The molecule has 2 aromatic carbocycles. The Morgan fingerprint density at radius 2 is 0.871 bits per heavy atom. The van der Waals surface area contributed by atoms with E-state index in [-0.39, 0.29) is 12.8 Å². The molecule has 0 spiro atoms. The molecule has 0 aliphatic heterocycles. The van der Waals surface area contributed by atoms with E-state index in [4.69, 9.17) is 10.2 Å². The lowest BCUT2D eigenvalue weighted by Gasteiger charge is -2.02. The van der Waals surface area contributed by atoms with Crippen LogP contribution in [0.15, 0.2) is 60.7 Å². The standard InChI is InChI=1S/C14H10O4.C9H16O4/c15-13(11-7-3-1-4-8-11)17-18-14(16)12-9-5-2-6-10-12;10-8(11)6-4-2-1-3-5-7-9(12)13/h1-10H;1-7H2,(H,10,11)(H,12,13). The Morgan fingerprint density at radius 3 is 1.19 bits per heavy atom. The minimum atomic E-state index is -0.759. The van der Waals surface area contributed by atoms with Crippen LogP contribution in [-0.4, -0.2) is 34.1 Å². The fraction of sp³-hybridized carbons (Fsp3) is 0.304. The van der Waals surface area contributed by atoms with E-state index in [9.17, 15) is 19.2 Å².